The molecule has 3 aromatic heterocycles. The highest BCUT2D eigenvalue weighted by atomic mass is 16.3. The van der Waals surface area contributed by atoms with E-state index in [1.807, 2.05) is 41.8 Å². The first-order chi connectivity index (χ1) is 12.5. The van der Waals surface area contributed by atoms with E-state index in [2.05, 4.69) is 15.3 Å². The Labute approximate surface area is 151 Å². The minimum Gasteiger partial charge on any atom is -0.385 e. The molecule has 1 aliphatic rings. The van der Waals surface area contributed by atoms with E-state index >= 15 is 0 Å². The Morgan fingerprint density at radius 1 is 1.27 bits per heavy atom. The van der Waals surface area contributed by atoms with Crippen LogP contribution in [0.4, 0.5) is 0 Å². The fraction of sp³-hybridized carbons (Fsp3) is 0.350. The van der Waals surface area contributed by atoms with E-state index in [-0.39, 0.29) is 11.9 Å². The molecule has 0 unspecified atom stereocenters. The SMILES string of the molecule is Cc1ncc2ccc(C(=O)NC3CCC(O)(c4cccnc4)CC3)cn12. The number of aliphatic hydroxyl groups is 1. The van der Waals surface area contributed by atoms with Gasteiger partial charge in [-0.1, -0.05) is 6.07 Å². The van der Waals surface area contributed by atoms with Gasteiger partial charge in [0.05, 0.1) is 22.9 Å². The highest BCUT2D eigenvalue weighted by Crippen LogP contribution is 2.36. The second-order valence-corrected chi connectivity index (χ2v) is 7.04. The van der Waals surface area contributed by atoms with Crippen LogP contribution >= 0.6 is 0 Å². The van der Waals surface area contributed by atoms with E-state index < -0.39 is 5.60 Å². The van der Waals surface area contributed by atoms with Crippen molar-refractivity contribution in [3.8, 4) is 0 Å². The third kappa shape index (κ3) is 3.08. The first kappa shape index (κ1) is 16.7. The Bertz CT molecular complexity index is 927. The van der Waals surface area contributed by atoms with Crippen LogP contribution in [0.2, 0.25) is 0 Å². The zero-order valence-electron chi connectivity index (χ0n) is 14.7. The quantitative estimate of drug-likeness (QED) is 0.761. The van der Waals surface area contributed by atoms with Gasteiger partial charge in [0.25, 0.3) is 5.91 Å². The molecule has 3 heterocycles. The number of aromatic nitrogens is 3. The maximum Gasteiger partial charge on any atom is 0.252 e. The van der Waals surface area contributed by atoms with Crippen molar-refractivity contribution in [1.29, 1.82) is 0 Å². The number of hydrogen-bond acceptors (Lipinski definition) is 4. The molecule has 1 amide bonds. The monoisotopic (exact) mass is 350 g/mol. The van der Waals surface area contributed by atoms with Crippen LogP contribution < -0.4 is 5.32 Å². The summed E-state index contributed by atoms with van der Waals surface area (Å²) in [4.78, 5) is 21.0. The van der Waals surface area contributed by atoms with E-state index in [4.69, 9.17) is 0 Å². The third-order valence-electron chi connectivity index (χ3n) is 5.32. The molecule has 1 fully saturated rings. The lowest BCUT2D eigenvalue weighted by Crippen LogP contribution is -2.42. The Hall–Kier alpha value is -2.73. The number of imidazole rings is 1. The van der Waals surface area contributed by atoms with Crippen LogP contribution in [-0.2, 0) is 5.60 Å². The maximum absolute atomic E-state index is 12.6. The van der Waals surface area contributed by atoms with Crippen LogP contribution in [0.5, 0.6) is 0 Å². The van der Waals surface area contributed by atoms with Gasteiger partial charge in [-0.2, -0.15) is 0 Å². The van der Waals surface area contributed by atoms with Crippen LogP contribution in [0.15, 0.2) is 49.1 Å². The fourth-order valence-electron chi connectivity index (χ4n) is 3.69. The van der Waals surface area contributed by atoms with E-state index in [9.17, 15) is 9.90 Å². The lowest BCUT2D eigenvalue weighted by molar-refractivity contribution is -0.00832. The number of fused-ring (bicyclic) bond motifs is 1. The summed E-state index contributed by atoms with van der Waals surface area (Å²) in [5.74, 6) is 0.769. The summed E-state index contributed by atoms with van der Waals surface area (Å²) in [5, 5.41) is 14.0. The van der Waals surface area contributed by atoms with Crippen molar-refractivity contribution >= 4 is 11.4 Å². The summed E-state index contributed by atoms with van der Waals surface area (Å²) < 4.78 is 1.91. The van der Waals surface area contributed by atoms with Gasteiger partial charge in [0.15, 0.2) is 0 Å². The Morgan fingerprint density at radius 3 is 2.81 bits per heavy atom. The van der Waals surface area contributed by atoms with E-state index in [0.717, 1.165) is 29.7 Å². The minimum absolute atomic E-state index is 0.0685. The predicted molar refractivity (Wildman–Crippen MR) is 97.8 cm³/mol. The molecular weight excluding hydrogens is 328 g/mol. The lowest BCUT2D eigenvalue weighted by atomic mass is 9.78. The molecule has 3 aromatic rings. The van der Waals surface area contributed by atoms with Crippen molar-refractivity contribution in [3.05, 3.63) is 66.0 Å². The number of carbonyl (C=O) groups is 1. The summed E-state index contributed by atoms with van der Waals surface area (Å²) in [6.45, 7) is 1.91. The lowest BCUT2D eigenvalue weighted by Gasteiger charge is -2.36. The van der Waals surface area contributed by atoms with Crippen molar-refractivity contribution < 1.29 is 9.90 Å². The fourth-order valence-corrected chi connectivity index (χ4v) is 3.69. The zero-order valence-corrected chi connectivity index (χ0v) is 14.7. The molecule has 2 N–H and O–H groups in total. The third-order valence-corrected chi connectivity index (χ3v) is 5.32. The number of rotatable bonds is 3. The highest BCUT2D eigenvalue weighted by molar-refractivity contribution is 5.94. The standard InChI is InChI=1S/C20H22N4O2/c1-14-22-12-18-5-4-15(13-24(14)18)19(25)23-17-6-8-20(26,9-7-17)16-3-2-10-21-11-16/h2-5,10-13,17,26H,6-9H2,1H3,(H,23,25). The van der Waals surface area contributed by atoms with Crippen LogP contribution in [-0.4, -0.2) is 31.4 Å². The molecule has 0 aliphatic heterocycles. The highest BCUT2D eigenvalue weighted by Gasteiger charge is 2.35. The minimum atomic E-state index is -0.845. The molecule has 0 saturated heterocycles. The van der Waals surface area contributed by atoms with Gasteiger partial charge in [-0.05, 0) is 50.8 Å². The summed E-state index contributed by atoms with van der Waals surface area (Å²) in [6.07, 6.45) is 9.75. The van der Waals surface area contributed by atoms with Gasteiger partial charge in [0.2, 0.25) is 0 Å². The molecule has 26 heavy (non-hydrogen) atoms. The summed E-state index contributed by atoms with van der Waals surface area (Å²) in [7, 11) is 0. The van der Waals surface area contributed by atoms with Gasteiger partial charge in [-0.15, -0.1) is 0 Å². The van der Waals surface area contributed by atoms with Gasteiger partial charge in [0.1, 0.15) is 5.82 Å². The summed E-state index contributed by atoms with van der Waals surface area (Å²) in [6, 6.07) is 7.54. The van der Waals surface area contributed by atoms with Gasteiger partial charge in [0, 0.05) is 30.2 Å². The first-order valence-corrected chi connectivity index (χ1v) is 8.93. The number of nitrogens with zero attached hydrogens (tertiary/aromatic N) is 3. The van der Waals surface area contributed by atoms with Gasteiger partial charge >= 0.3 is 0 Å². The molecular formula is C20H22N4O2. The predicted octanol–water partition coefficient (Wildman–Crippen LogP) is 2.60. The van der Waals surface area contributed by atoms with Gasteiger partial charge in [-0.3, -0.25) is 9.78 Å². The van der Waals surface area contributed by atoms with Gasteiger partial charge in [-0.25, -0.2) is 4.98 Å². The molecule has 134 valence electrons. The number of amides is 1. The molecule has 6 heteroatoms. The Kier molecular flexibility index (Phi) is 4.20. The zero-order chi connectivity index (χ0) is 18.1. The molecule has 6 nitrogen and oxygen atoms in total. The molecule has 0 atom stereocenters. The van der Waals surface area contributed by atoms with Gasteiger partial charge < -0.3 is 14.8 Å². The van der Waals surface area contributed by atoms with Crippen molar-refractivity contribution in [3.63, 3.8) is 0 Å². The second-order valence-electron chi connectivity index (χ2n) is 7.04. The maximum atomic E-state index is 12.6. The van der Waals surface area contributed by atoms with E-state index in [1.54, 1.807) is 18.6 Å². The van der Waals surface area contributed by atoms with Crippen LogP contribution in [0, 0.1) is 6.92 Å². The number of hydrogen-bond donors (Lipinski definition) is 2. The summed E-state index contributed by atoms with van der Waals surface area (Å²) in [5.41, 5.74) is 1.60. The molecule has 1 saturated carbocycles. The average molecular weight is 350 g/mol. The molecule has 0 radical (unpaired) electrons. The number of aryl methyl sites for hydroxylation is 1. The molecule has 0 bridgehead atoms. The summed E-state index contributed by atoms with van der Waals surface area (Å²) >= 11 is 0. The molecule has 0 aromatic carbocycles. The van der Waals surface area contributed by atoms with Crippen molar-refractivity contribution in [2.75, 3.05) is 0 Å². The van der Waals surface area contributed by atoms with Crippen LogP contribution in [0.3, 0.4) is 0 Å². The number of nitrogens with one attached hydrogen (secondary N) is 1. The first-order valence-electron chi connectivity index (χ1n) is 8.93. The average Bonchev–Trinajstić information content (AvgIpc) is 3.05. The van der Waals surface area contributed by atoms with Crippen LogP contribution in [0.1, 0.15) is 47.4 Å². The Morgan fingerprint density at radius 2 is 2.08 bits per heavy atom. The smallest absolute Gasteiger partial charge is 0.252 e. The van der Waals surface area contributed by atoms with E-state index in [0.29, 0.717) is 18.4 Å². The van der Waals surface area contributed by atoms with E-state index in [1.165, 1.54) is 0 Å². The number of pyridine rings is 2. The van der Waals surface area contributed by atoms with Crippen molar-refractivity contribution in [2.45, 2.75) is 44.2 Å². The topological polar surface area (TPSA) is 79.5 Å². The second kappa shape index (κ2) is 6.53. The molecule has 1 aliphatic carbocycles. The van der Waals surface area contributed by atoms with Crippen molar-refractivity contribution in [2.24, 2.45) is 0 Å². The van der Waals surface area contributed by atoms with Crippen molar-refractivity contribution in [1.82, 2.24) is 19.7 Å². The molecule has 0 spiro atoms. The number of carbonyl (C=O) groups excluding carboxylic acids is 1. The Balaban J connectivity index is 1.42. The normalized spacial score (nSPS) is 23.1. The largest absolute Gasteiger partial charge is 0.385 e. The molecule has 4 rings (SSSR count). The van der Waals surface area contributed by atoms with Crippen LogP contribution in [0.25, 0.3) is 5.52 Å².